The van der Waals surface area contributed by atoms with Crippen LogP contribution in [0.1, 0.15) is 12.0 Å². The third-order valence-electron chi connectivity index (χ3n) is 1.89. The van der Waals surface area contributed by atoms with Gasteiger partial charge in [0, 0.05) is 5.69 Å². The molecule has 2 amide bonds. The predicted molar refractivity (Wildman–Crippen MR) is 57.0 cm³/mol. The van der Waals surface area contributed by atoms with Crippen LogP contribution < -0.4 is 16.8 Å². The Morgan fingerprint density at radius 2 is 1.93 bits per heavy atom. The van der Waals surface area contributed by atoms with Crippen LogP contribution in [-0.4, -0.2) is 12.6 Å². The molecule has 0 aliphatic heterocycles. The van der Waals surface area contributed by atoms with Gasteiger partial charge >= 0.3 is 6.03 Å². The summed E-state index contributed by atoms with van der Waals surface area (Å²) < 4.78 is 0. The minimum Gasteiger partial charge on any atom is -0.351 e. The van der Waals surface area contributed by atoms with Gasteiger partial charge in [-0.3, -0.25) is 0 Å². The summed E-state index contributed by atoms with van der Waals surface area (Å²) >= 11 is 0. The van der Waals surface area contributed by atoms with Crippen LogP contribution in [0.2, 0.25) is 0 Å². The molecular formula is C10H15N3O. The van der Waals surface area contributed by atoms with Gasteiger partial charge in [-0.2, -0.15) is 0 Å². The molecule has 5 N–H and O–H groups in total. The Bertz CT molecular complexity index is 295. The highest BCUT2D eigenvalue weighted by Gasteiger charge is 1.96. The van der Waals surface area contributed by atoms with E-state index in [1.54, 1.807) is 0 Å². The number of amides is 2. The second-order valence-corrected chi connectivity index (χ2v) is 3.08. The Labute approximate surface area is 83.3 Å². The molecule has 0 aliphatic carbocycles. The summed E-state index contributed by atoms with van der Waals surface area (Å²) in [5, 5.41) is 2.50. The first-order valence-corrected chi connectivity index (χ1v) is 4.58. The predicted octanol–water partition coefficient (Wildman–Crippen LogP) is 1.07. The van der Waals surface area contributed by atoms with Gasteiger partial charge in [0.1, 0.15) is 0 Å². The SMILES string of the molecule is NCCCc1ccc(NC(N)=O)cc1. The molecule has 0 aliphatic rings. The van der Waals surface area contributed by atoms with Gasteiger partial charge in [-0.25, -0.2) is 4.79 Å². The van der Waals surface area contributed by atoms with Gasteiger partial charge < -0.3 is 16.8 Å². The largest absolute Gasteiger partial charge is 0.351 e. The lowest BCUT2D eigenvalue weighted by Gasteiger charge is -2.03. The number of rotatable bonds is 4. The van der Waals surface area contributed by atoms with E-state index in [1.165, 1.54) is 5.56 Å². The Balaban J connectivity index is 2.54. The third kappa shape index (κ3) is 3.45. The highest BCUT2D eigenvalue weighted by Crippen LogP contribution is 2.10. The van der Waals surface area contributed by atoms with Crippen molar-refractivity contribution < 1.29 is 4.79 Å². The zero-order chi connectivity index (χ0) is 10.4. The molecule has 4 heteroatoms. The van der Waals surface area contributed by atoms with E-state index in [9.17, 15) is 4.79 Å². The first kappa shape index (κ1) is 10.5. The topological polar surface area (TPSA) is 81.1 Å². The van der Waals surface area contributed by atoms with Crippen LogP contribution in [0.3, 0.4) is 0 Å². The van der Waals surface area contributed by atoms with Gasteiger partial charge in [0.2, 0.25) is 0 Å². The molecule has 1 rings (SSSR count). The molecule has 0 unspecified atom stereocenters. The summed E-state index contributed by atoms with van der Waals surface area (Å²) in [7, 11) is 0. The Hall–Kier alpha value is -1.55. The lowest BCUT2D eigenvalue weighted by molar-refractivity contribution is 0.259. The fraction of sp³-hybridized carbons (Fsp3) is 0.300. The van der Waals surface area contributed by atoms with Gasteiger partial charge in [-0.1, -0.05) is 12.1 Å². The van der Waals surface area contributed by atoms with E-state index in [1.807, 2.05) is 24.3 Å². The molecule has 0 fully saturated rings. The Kier molecular flexibility index (Phi) is 3.94. The van der Waals surface area contributed by atoms with Gasteiger partial charge in [0.05, 0.1) is 0 Å². The Morgan fingerprint density at radius 3 is 2.43 bits per heavy atom. The van der Waals surface area contributed by atoms with Crippen LogP contribution in [0, 0.1) is 0 Å². The molecule has 4 nitrogen and oxygen atoms in total. The fourth-order valence-electron chi connectivity index (χ4n) is 1.20. The summed E-state index contributed by atoms with van der Waals surface area (Å²) in [6, 6.07) is 7.04. The number of carbonyl (C=O) groups is 1. The molecule has 0 heterocycles. The summed E-state index contributed by atoms with van der Waals surface area (Å²) in [5.74, 6) is 0. The van der Waals surface area contributed by atoms with Crippen molar-refractivity contribution in [1.29, 1.82) is 0 Å². The number of carbonyl (C=O) groups excluding carboxylic acids is 1. The number of primary amides is 1. The van der Waals surface area contributed by atoms with Crippen molar-refractivity contribution in [2.75, 3.05) is 11.9 Å². The molecule has 76 valence electrons. The summed E-state index contributed by atoms with van der Waals surface area (Å²) in [4.78, 5) is 10.5. The van der Waals surface area contributed by atoms with Crippen LogP contribution in [0.5, 0.6) is 0 Å². The zero-order valence-electron chi connectivity index (χ0n) is 7.99. The van der Waals surface area contributed by atoms with Gasteiger partial charge in [0.25, 0.3) is 0 Å². The van der Waals surface area contributed by atoms with E-state index in [0.717, 1.165) is 12.8 Å². The van der Waals surface area contributed by atoms with E-state index in [4.69, 9.17) is 11.5 Å². The maximum absolute atomic E-state index is 10.5. The van der Waals surface area contributed by atoms with E-state index in [0.29, 0.717) is 12.2 Å². The van der Waals surface area contributed by atoms with Crippen molar-refractivity contribution in [3.05, 3.63) is 29.8 Å². The van der Waals surface area contributed by atoms with Crippen LogP contribution in [0.15, 0.2) is 24.3 Å². The number of hydrogen-bond acceptors (Lipinski definition) is 2. The summed E-state index contributed by atoms with van der Waals surface area (Å²) in [6.45, 7) is 0.696. The van der Waals surface area contributed by atoms with Gasteiger partial charge in [-0.15, -0.1) is 0 Å². The van der Waals surface area contributed by atoms with E-state index >= 15 is 0 Å². The highest BCUT2D eigenvalue weighted by molar-refractivity contribution is 5.87. The highest BCUT2D eigenvalue weighted by atomic mass is 16.2. The average molecular weight is 193 g/mol. The van der Waals surface area contributed by atoms with E-state index in [-0.39, 0.29) is 0 Å². The number of urea groups is 1. The molecule has 0 bridgehead atoms. The molecule has 0 atom stereocenters. The second-order valence-electron chi connectivity index (χ2n) is 3.08. The first-order valence-electron chi connectivity index (χ1n) is 4.58. The van der Waals surface area contributed by atoms with Crippen molar-refractivity contribution in [2.45, 2.75) is 12.8 Å². The van der Waals surface area contributed by atoms with Crippen LogP contribution in [-0.2, 0) is 6.42 Å². The number of anilines is 1. The maximum atomic E-state index is 10.5. The molecule has 0 saturated heterocycles. The van der Waals surface area contributed by atoms with Crippen molar-refractivity contribution >= 4 is 11.7 Å². The van der Waals surface area contributed by atoms with Crippen molar-refractivity contribution in [3.63, 3.8) is 0 Å². The molecular weight excluding hydrogens is 178 g/mol. The van der Waals surface area contributed by atoms with Crippen LogP contribution in [0.25, 0.3) is 0 Å². The lowest BCUT2D eigenvalue weighted by Crippen LogP contribution is -2.19. The zero-order valence-corrected chi connectivity index (χ0v) is 7.99. The van der Waals surface area contributed by atoms with Crippen molar-refractivity contribution in [2.24, 2.45) is 11.5 Å². The molecule has 0 saturated carbocycles. The minimum atomic E-state index is -0.542. The fourth-order valence-corrected chi connectivity index (χ4v) is 1.20. The second kappa shape index (κ2) is 5.24. The van der Waals surface area contributed by atoms with Crippen molar-refractivity contribution in [3.8, 4) is 0 Å². The average Bonchev–Trinajstić information content (AvgIpc) is 2.16. The quantitative estimate of drug-likeness (QED) is 0.668. The number of hydrogen-bond donors (Lipinski definition) is 3. The van der Waals surface area contributed by atoms with E-state index in [2.05, 4.69) is 5.32 Å². The maximum Gasteiger partial charge on any atom is 0.316 e. The third-order valence-corrected chi connectivity index (χ3v) is 1.89. The first-order chi connectivity index (χ1) is 6.72. The van der Waals surface area contributed by atoms with Gasteiger partial charge in [0.15, 0.2) is 0 Å². The van der Waals surface area contributed by atoms with Crippen LogP contribution in [0.4, 0.5) is 10.5 Å². The molecule has 0 aromatic heterocycles. The standard InChI is InChI=1S/C10H15N3O/c11-7-1-2-8-3-5-9(6-4-8)13-10(12)14/h3-6H,1-2,7,11H2,(H3,12,13,14). The number of aryl methyl sites for hydroxylation is 1. The molecule has 0 radical (unpaired) electrons. The smallest absolute Gasteiger partial charge is 0.316 e. The minimum absolute atomic E-state index is 0.542. The van der Waals surface area contributed by atoms with Gasteiger partial charge in [-0.05, 0) is 37.1 Å². The summed E-state index contributed by atoms with van der Waals surface area (Å²) in [5.41, 5.74) is 12.3. The molecule has 0 spiro atoms. The van der Waals surface area contributed by atoms with Crippen molar-refractivity contribution in [1.82, 2.24) is 0 Å². The lowest BCUT2D eigenvalue weighted by atomic mass is 10.1. The monoisotopic (exact) mass is 193 g/mol. The Morgan fingerprint density at radius 1 is 1.29 bits per heavy atom. The number of benzene rings is 1. The number of nitrogens with two attached hydrogens (primary N) is 2. The summed E-state index contributed by atoms with van der Waals surface area (Å²) in [6.07, 6.45) is 1.94. The van der Waals surface area contributed by atoms with E-state index < -0.39 is 6.03 Å². The van der Waals surface area contributed by atoms with Crippen LogP contribution >= 0.6 is 0 Å². The molecule has 1 aromatic carbocycles. The normalized spacial score (nSPS) is 9.79. The number of nitrogens with one attached hydrogen (secondary N) is 1. The molecule has 14 heavy (non-hydrogen) atoms. The molecule has 1 aromatic rings.